The summed E-state index contributed by atoms with van der Waals surface area (Å²) in [6.07, 6.45) is 2.59. The van der Waals surface area contributed by atoms with Gasteiger partial charge in [-0.05, 0) is 24.3 Å². The molecule has 11 heteroatoms. The highest BCUT2D eigenvalue weighted by Crippen LogP contribution is 2.25. The topological polar surface area (TPSA) is 111 Å². The zero-order valence-corrected chi connectivity index (χ0v) is 19.1. The number of anilines is 1. The maximum absolute atomic E-state index is 12.2. The fourth-order valence-electron chi connectivity index (χ4n) is 3.01. The maximum atomic E-state index is 12.2. The number of amides is 1. The highest BCUT2D eigenvalue weighted by atomic mass is 35.5. The first kappa shape index (κ1) is 23.9. The predicted octanol–water partition coefficient (Wildman–Crippen LogP) is 4.25. The van der Waals surface area contributed by atoms with E-state index in [-0.39, 0.29) is 19.1 Å². The predicted molar refractivity (Wildman–Crippen MR) is 128 cm³/mol. The van der Waals surface area contributed by atoms with Gasteiger partial charge in [0.2, 0.25) is 12.2 Å². The molecular weight excluding hydrogens is 467 g/mol. The summed E-state index contributed by atoms with van der Waals surface area (Å²) in [5.74, 6) is 0.786. The average Bonchev–Trinajstić information content (AvgIpc) is 3.23. The van der Waals surface area contributed by atoms with Gasteiger partial charge in [-0.3, -0.25) is 0 Å². The summed E-state index contributed by atoms with van der Waals surface area (Å²) in [4.78, 5) is 16.1. The van der Waals surface area contributed by atoms with Crippen LogP contribution in [0, 0.1) is 11.5 Å². The lowest BCUT2D eigenvalue weighted by Crippen LogP contribution is -2.44. The van der Waals surface area contributed by atoms with E-state index in [0.29, 0.717) is 32.8 Å². The van der Waals surface area contributed by atoms with Crippen molar-refractivity contribution in [1.29, 1.82) is 5.26 Å². The molecule has 0 aliphatic carbocycles. The monoisotopic (exact) mass is 486 g/mol. The number of hydrogen-bond donors (Lipinski definition) is 2. The molecule has 0 spiro atoms. The van der Waals surface area contributed by atoms with Gasteiger partial charge in [-0.25, -0.2) is 9.80 Å². The van der Waals surface area contributed by atoms with Crippen LogP contribution in [0.2, 0.25) is 10.0 Å². The Bertz CT molecular complexity index is 1150. The number of nitrogens with one attached hydrogen (secondary N) is 2. The fourth-order valence-corrected chi connectivity index (χ4v) is 3.31. The quantitative estimate of drug-likeness (QED) is 0.273. The van der Waals surface area contributed by atoms with Crippen LogP contribution in [0.25, 0.3) is 0 Å². The van der Waals surface area contributed by atoms with Gasteiger partial charge in [0.15, 0.2) is 0 Å². The molecule has 1 atom stereocenters. The van der Waals surface area contributed by atoms with Crippen molar-refractivity contribution in [1.82, 2.24) is 10.3 Å². The molecule has 1 heterocycles. The van der Waals surface area contributed by atoms with Crippen LogP contribution in [0.1, 0.15) is 5.56 Å². The van der Waals surface area contributed by atoms with Gasteiger partial charge in [0.25, 0.3) is 0 Å². The molecule has 2 N–H and O–H groups in total. The number of hydrogen-bond acceptors (Lipinski definition) is 6. The Hall–Kier alpha value is -3.74. The Morgan fingerprint density at radius 2 is 2.18 bits per heavy atom. The van der Waals surface area contributed by atoms with Crippen LogP contribution in [0.15, 0.2) is 65.2 Å². The molecule has 0 unspecified atom stereocenters. The molecule has 33 heavy (non-hydrogen) atoms. The molecule has 2 aromatic carbocycles. The highest BCUT2D eigenvalue weighted by Gasteiger charge is 2.32. The van der Waals surface area contributed by atoms with Gasteiger partial charge in [-0.1, -0.05) is 48.0 Å². The number of alkyl carbamates (subject to hydrolysis) is 1. The van der Waals surface area contributed by atoms with E-state index in [0.717, 1.165) is 0 Å². The molecule has 1 aliphatic rings. The second kappa shape index (κ2) is 11.2. The summed E-state index contributed by atoms with van der Waals surface area (Å²) in [7, 11) is 1.55. The first-order chi connectivity index (χ1) is 15.9. The van der Waals surface area contributed by atoms with Gasteiger partial charge >= 0.3 is 6.09 Å². The van der Waals surface area contributed by atoms with E-state index in [9.17, 15) is 10.1 Å². The second-order valence-corrected chi connectivity index (χ2v) is 7.49. The molecule has 0 saturated heterocycles. The number of guanidine groups is 1. The minimum absolute atomic E-state index is 0.0556. The van der Waals surface area contributed by atoms with Crippen molar-refractivity contribution < 1.29 is 14.3 Å². The third-order valence-corrected chi connectivity index (χ3v) is 5.22. The summed E-state index contributed by atoms with van der Waals surface area (Å²) in [5, 5.41) is 21.8. The van der Waals surface area contributed by atoms with Crippen molar-refractivity contribution in [3.05, 3.63) is 70.7 Å². The van der Waals surface area contributed by atoms with E-state index in [1.54, 1.807) is 55.8 Å². The number of nitrogens with zero attached hydrogens (tertiary/aromatic N) is 4. The lowest BCUT2D eigenvalue weighted by molar-refractivity contribution is 0.156. The standard InChI is InChI=1S/C22H20Cl2N6O3/c1-3-9-33-22(31)28-19-12-30(29-20(19)14-7-8-17(23)18(24)10-14)21(26-13-25)27-15-5-4-6-16(11-15)32-2/h3-8,10-11,19H,1,9,12H2,2H3,(H,26,27)(H,28,31)/t19-/m1/s1. The maximum Gasteiger partial charge on any atom is 0.408 e. The van der Waals surface area contributed by atoms with Crippen LogP contribution in [-0.4, -0.2) is 49.1 Å². The number of carbonyl (C=O) groups is 1. The Labute approximate surface area is 200 Å². The summed E-state index contributed by atoms with van der Waals surface area (Å²) in [6, 6.07) is 11.5. The molecule has 0 aromatic heterocycles. The van der Waals surface area contributed by atoms with Gasteiger partial charge in [0.05, 0.1) is 35.5 Å². The summed E-state index contributed by atoms with van der Waals surface area (Å²) < 4.78 is 10.3. The Kier molecular flexibility index (Phi) is 8.13. The number of rotatable bonds is 6. The van der Waals surface area contributed by atoms with Crippen molar-refractivity contribution >= 4 is 46.7 Å². The lowest BCUT2D eigenvalue weighted by atomic mass is 10.0. The van der Waals surface area contributed by atoms with Gasteiger partial charge in [0.1, 0.15) is 12.4 Å². The third kappa shape index (κ3) is 6.16. The Morgan fingerprint density at radius 3 is 2.88 bits per heavy atom. The highest BCUT2D eigenvalue weighted by molar-refractivity contribution is 6.42. The lowest BCUT2D eigenvalue weighted by Gasteiger charge is -2.19. The van der Waals surface area contributed by atoms with E-state index in [2.05, 4.69) is 27.3 Å². The van der Waals surface area contributed by atoms with Crippen LogP contribution >= 0.6 is 23.2 Å². The first-order valence-corrected chi connectivity index (χ1v) is 10.4. The SMILES string of the molecule is C=CCOC(=O)N[C@@H]1CN(/C(=N\C#N)Nc2cccc(OC)c2)N=C1c1ccc(Cl)c(Cl)c1. The van der Waals surface area contributed by atoms with Crippen LogP contribution in [-0.2, 0) is 4.74 Å². The van der Waals surface area contributed by atoms with E-state index in [1.807, 2.05) is 0 Å². The number of ether oxygens (including phenoxy) is 2. The zero-order valence-electron chi connectivity index (χ0n) is 17.6. The Morgan fingerprint density at radius 1 is 1.36 bits per heavy atom. The summed E-state index contributed by atoms with van der Waals surface area (Å²) >= 11 is 12.2. The molecular formula is C22H20Cl2N6O3. The van der Waals surface area contributed by atoms with Crippen molar-refractivity contribution in [3.8, 4) is 11.9 Å². The fraction of sp³-hybridized carbons (Fsp3) is 0.182. The molecule has 9 nitrogen and oxygen atoms in total. The van der Waals surface area contributed by atoms with Crippen molar-refractivity contribution in [3.63, 3.8) is 0 Å². The van der Waals surface area contributed by atoms with Crippen LogP contribution in [0.5, 0.6) is 5.75 Å². The largest absolute Gasteiger partial charge is 0.497 e. The van der Waals surface area contributed by atoms with Crippen LogP contribution in [0.4, 0.5) is 10.5 Å². The minimum atomic E-state index is -0.644. The molecule has 170 valence electrons. The number of aliphatic imine (C=N–C) groups is 1. The molecule has 2 aromatic rings. The van der Waals surface area contributed by atoms with Crippen LogP contribution in [0.3, 0.4) is 0 Å². The molecule has 0 fully saturated rings. The number of carbonyl (C=O) groups excluding carboxylic acids is 1. The molecule has 3 rings (SSSR count). The summed E-state index contributed by atoms with van der Waals surface area (Å²) in [5.41, 5.74) is 1.76. The zero-order chi connectivity index (χ0) is 23.8. The summed E-state index contributed by atoms with van der Waals surface area (Å²) in [6.45, 7) is 3.76. The molecule has 0 bridgehead atoms. The smallest absolute Gasteiger partial charge is 0.408 e. The molecule has 0 saturated carbocycles. The van der Waals surface area contributed by atoms with E-state index < -0.39 is 12.1 Å². The number of hydrazone groups is 1. The van der Waals surface area contributed by atoms with Crippen LogP contribution < -0.4 is 15.4 Å². The third-order valence-electron chi connectivity index (χ3n) is 4.48. The van der Waals surface area contributed by atoms with Gasteiger partial charge < -0.3 is 20.1 Å². The molecule has 1 aliphatic heterocycles. The number of nitriles is 1. The van der Waals surface area contributed by atoms with Crippen molar-refractivity contribution in [2.45, 2.75) is 6.04 Å². The number of methoxy groups -OCH3 is 1. The Balaban J connectivity index is 1.92. The molecule has 0 radical (unpaired) electrons. The van der Waals surface area contributed by atoms with E-state index in [1.165, 1.54) is 11.1 Å². The van der Waals surface area contributed by atoms with Gasteiger partial charge in [0, 0.05) is 17.3 Å². The minimum Gasteiger partial charge on any atom is -0.497 e. The van der Waals surface area contributed by atoms with Gasteiger partial charge in [-0.15, -0.1) is 4.99 Å². The van der Waals surface area contributed by atoms with E-state index >= 15 is 0 Å². The second-order valence-electron chi connectivity index (χ2n) is 6.67. The molecule has 1 amide bonds. The first-order valence-electron chi connectivity index (χ1n) is 9.68. The number of benzene rings is 2. The average molecular weight is 487 g/mol. The van der Waals surface area contributed by atoms with Crippen molar-refractivity contribution in [2.75, 3.05) is 25.6 Å². The van der Waals surface area contributed by atoms with Gasteiger partial charge in [-0.2, -0.15) is 10.4 Å². The van der Waals surface area contributed by atoms with E-state index in [4.69, 9.17) is 32.7 Å². The normalized spacial score (nSPS) is 15.3. The van der Waals surface area contributed by atoms with Crippen molar-refractivity contribution in [2.24, 2.45) is 10.1 Å². The number of halogens is 2.